The number of hydrogen-bond donors (Lipinski definition) is 4. The van der Waals surface area contributed by atoms with E-state index in [2.05, 4.69) is 32.7 Å². The summed E-state index contributed by atoms with van der Waals surface area (Å²) in [6.45, 7) is 4.00. The second kappa shape index (κ2) is 23.4. The summed E-state index contributed by atoms with van der Waals surface area (Å²) in [5, 5.41) is 8.64. The number of fused-ring (bicyclic) bond motifs is 10. The highest BCUT2D eigenvalue weighted by Crippen LogP contribution is 2.34. The molecule has 4 amide bonds. The fourth-order valence-corrected chi connectivity index (χ4v) is 11.9. The Hall–Kier alpha value is -7.82. The van der Waals surface area contributed by atoms with Crippen LogP contribution in [0, 0.1) is 0 Å². The van der Waals surface area contributed by atoms with Crippen LogP contribution in [-0.4, -0.2) is 82.4 Å². The van der Waals surface area contributed by atoms with E-state index in [-0.39, 0.29) is 50.6 Å². The first-order chi connectivity index (χ1) is 35.8. The Morgan fingerprint density at radius 3 is 1.55 bits per heavy atom. The van der Waals surface area contributed by atoms with Crippen molar-refractivity contribution in [2.45, 2.75) is 73.2 Å². The Morgan fingerprint density at radius 2 is 1.03 bits per heavy atom. The van der Waals surface area contributed by atoms with Crippen molar-refractivity contribution in [1.29, 1.82) is 0 Å². The summed E-state index contributed by atoms with van der Waals surface area (Å²) in [4.78, 5) is 63.3. The summed E-state index contributed by atoms with van der Waals surface area (Å²) < 4.78 is 37.3. The minimum atomic E-state index is -3.76. The molecular formula is C58H64N6O8S2. The summed E-state index contributed by atoms with van der Waals surface area (Å²) in [5.41, 5.74) is 7.98. The first-order valence-corrected chi connectivity index (χ1v) is 27.0. The van der Waals surface area contributed by atoms with Crippen LogP contribution in [-0.2, 0) is 66.2 Å². The molecule has 6 aromatic carbocycles. The van der Waals surface area contributed by atoms with E-state index < -0.39 is 27.8 Å². The van der Waals surface area contributed by atoms with Gasteiger partial charge in [0, 0.05) is 79.9 Å². The average Bonchev–Trinajstić information content (AvgIpc) is 3.97. The quantitative estimate of drug-likeness (QED) is 0.126. The number of nitrogens with one attached hydrogen (secondary N) is 4. The van der Waals surface area contributed by atoms with E-state index in [4.69, 9.17) is 9.47 Å². The van der Waals surface area contributed by atoms with E-state index in [0.717, 1.165) is 49.8 Å². The average molecular weight is 1040 g/mol. The van der Waals surface area contributed by atoms with Crippen molar-refractivity contribution in [3.8, 4) is 11.5 Å². The van der Waals surface area contributed by atoms with Crippen molar-refractivity contribution < 1.29 is 39.9 Å². The van der Waals surface area contributed by atoms with Gasteiger partial charge < -0.3 is 39.9 Å². The molecule has 10 rings (SSSR count). The van der Waals surface area contributed by atoms with Crippen LogP contribution in [0.3, 0.4) is 0 Å². The van der Waals surface area contributed by atoms with Crippen molar-refractivity contribution in [3.05, 3.63) is 179 Å². The number of aromatic nitrogens is 2. The first-order valence-electron chi connectivity index (χ1n) is 24.4. The summed E-state index contributed by atoms with van der Waals surface area (Å²) in [5.74, 6) is 0.900. The Labute approximate surface area is 438 Å². The molecule has 4 heterocycles. The SMILES string of the molecule is CC.COc1ccc(N(C)C(=O)C2Cc3cccc(c3)CSc3[nH]c4ccccc4c3CC(=O)N2)cc1.COc1ccc(N(C)C(=O)[C@@H]2Cc3cccc(c3)CS(=O)(=O)c3[nH]c4ccccc4c3CC(=O)N2)cc1.[HH].[HH]. The maximum Gasteiger partial charge on any atom is 0.249 e. The van der Waals surface area contributed by atoms with Gasteiger partial charge in [-0.3, -0.25) is 19.2 Å². The number of aromatic amines is 2. The lowest BCUT2D eigenvalue weighted by Crippen LogP contribution is -2.49. The number of para-hydroxylation sites is 2. The second-order valence-corrected chi connectivity index (χ2v) is 20.7. The summed E-state index contributed by atoms with van der Waals surface area (Å²) in [6, 6.07) is 43.4. The first kappa shape index (κ1) is 52.5. The van der Waals surface area contributed by atoms with Gasteiger partial charge in [-0.2, -0.15) is 0 Å². The Kier molecular flexibility index (Phi) is 16.6. The molecule has 0 fully saturated rings. The maximum atomic E-state index is 13.6. The zero-order valence-corrected chi connectivity index (χ0v) is 43.9. The van der Waals surface area contributed by atoms with E-state index in [1.54, 1.807) is 112 Å². The number of anilines is 2. The number of hydrogen-bond acceptors (Lipinski definition) is 9. The molecule has 74 heavy (non-hydrogen) atoms. The topological polar surface area (TPSA) is 183 Å². The third-order valence-electron chi connectivity index (χ3n) is 13.0. The van der Waals surface area contributed by atoms with Gasteiger partial charge in [0.05, 0.1) is 37.8 Å². The highest BCUT2D eigenvalue weighted by atomic mass is 32.2. The summed E-state index contributed by atoms with van der Waals surface area (Å²) in [6.07, 6.45) is 0.670. The van der Waals surface area contributed by atoms with Crippen molar-refractivity contribution in [1.82, 2.24) is 20.6 Å². The third kappa shape index (κ3) is 12.0. The highest BCUT2D eigenvalue weighted by molar-refractivity contribution is 7.98. The largest absolute Gasteiger partial charge is 0.497 e. The summed E-state index contributed by atoms with van der Waals surface area (Å²) >= 11 is 1.70. The fourth-order valence-electron chi connectivity index (χ4n) is 9.25. The molecule has 4 N–H and O–H groups in total. The smallest absolute Gasteiger partial charge is 0.249 e. The standard InChI is InChI=1S/C28H27N3O5S.C28H27N3O3S.C2H6.2H2/c1-31(20-10-12-21(36-2)13-11-20)28(33)25-15-18-6-5-7-19(14-18)17-37(34,35)27-23(16-26(32)29-25)22-8-3-4-9-24(22)30-27;1-31(20-10-12-21(34-2)13-11-20)28(33)25-15-18-6-5-7-19(14-18)17-35-27-23(16-26(32)29-25)22-8-3-4-9-24(22)30-27;1-2;;/h3-14,25,30H,15-17H2,1-2H3,(H,29,32);3-14,25,30H,15-17H2,1-2H3,(H,29,32);1-2H3;2*1H/t25-;;;;/m0..../s1. The molecule has 0 radical (unpaired) electrons. The monoisotopic (exact) mass is 1040 g/mol. The molecule has 386 valence electrons. The van der Waals surface area contributed by atoms with Crippen LogP contribution in [0.2, 0.25) is 0 Å². The van der Waals surface area contributed by atoms with Crippen LogP contribution in [0.1, 0.15) is 50.1 Å². The number of carbonyl (C=O) groups is 4. The Morgan fingerprint density at radius 1 is 0.581 bits per heavy atom. The number of carbonyl (C=O) groups excluding carboxylic acids is 4. The molecule has 1 unspecified atom stereocenters. The van der Waals surface area contributed by atoms with Gasteiger partial charge in [0.1, 0.15) is 28.6 Å². The number of likely N-dealkylation sites (N-methyl/N-ethyl adjacent to an activating group) is 2. The molecule has 16 heteroatoms. The molecule has 2 atom stereocenters. The molecular weight excluding hydrogens is 973 g/mol. The van der Waals surface area contributed by atoms with Gasteiger partial charge in [-0.1, -0.05) is 98.8 Å². The number of sulfone groups is 1. The number of benzene rings is 6. The third-order valence-corrected chi connectivity index (χ3v) is 15.8. The maximum absolute atomic E-state index is 13.6. The molecule has 2 aromatic heterocycles. The van der Waals surface area contributed by atoms with Crippen LogP contribution < -0.4 is 29.9 Å². The predicted octanol–water partition coefficient (Wildman–Crippen LogP) is 9.63. The summed E-state index contributed by atoms with van der Waals surface area (Å²) in [7, 11) is 2.81. The Balaban J connectivity index is 0.000000233. The Bertz CT molecular complexity index is 3440. The van der Waals surface area contributed by atoms with Crippen molar-refractivity contribution >= 4 is 78.4 Å². The zero-order chi connectivity index (χ0) is 52.5. The molecule has 14 nitrogen and oxygen atoms in total. The number of H-pyrrole nitrogens is 2. The van der Waals surface area contributed by atoms with Crippen molar-refractivity contribution in [2.24, 2.45) is 0 Å². The van der Waals surface area contributed by atoms with E-state index in [1.165, 1.54) is 10.5 Å². The van der Waals surface area contributed by atoms with Gasteiger partial charge >= 0.3 is 0 Å². The zero-order valence-electron chi connectivity index (χ0n) is 42.2. The van der Waals surface area contributed by atoms with Crippen LogP contribution >= 0.6 is 11.8 Å². The van der Waals surface area contributed by atoms with Crippen LogP contribution in [0.25, 0.3) is 21.8 Å². The van der Waals surface area contributed by atoms with Gasteiger partial charge in [0.2, 0.25) is 23.6 Å². The molecule has 0 spiro atoms. The molecule has 0 saturated carbocycles. The number of amides is 4. The second-order valence-electron chi connectivity index (χ2n) is 17.8. The van der Waals surface area contributed by atoms with Gasteiger partial charge in [-0.15, -0.1) is 11.8 Å². The normalized spacial score (nSPS) is 16.2. The van der Waals surface area contributed by atoms with Gasteiger partial charge in [-0.25, -0.2) is 8.42 Å². The van der Waals surface area contributed by atoms with Crippen LogP contribution in [0.5, 0.6) is 11.5 Å². The van der Waals surface area contributed by atoms with E-state index >= 15 is 0 Å². The number of ether oxygens (including phenoxy) is 2. The van der Waals surface area contributed by atoms with Crippen LogP contribution in [0.4, 0.5) is 11.4 Å². The van der Waals surface area contributed by atoms with Gasteiger partial charge in [0.15, 0.2) is 9.84 Å². The fraction of sp³-hybridized carbons (Fsp3) is 0.241. The number of thioether (sulfide) groups is 1. The van der Waals surface area contributed by atoms with E-state index in [9.17, 15) is 27.6 Å². The molecule has 2 aliphatic heterocycles. The lowest BCUT2D eigenvalue weighted by Gasteiger charge is -2.25. The molecule has 0 saturated heterocycles. The number of nitrogens with zero attached hydrogens (tertiary/aromatic N) is 2. The molecule has 4 bridgehead atoms. The minimum absolute atomic E-state index is 0. The van der Waals surface area contributed by atoms with Gasteiger partial charge in [0.25, 0.3) is 0 Å². The van der Waals surface area contributed by atoms with E-state index in [1.807, 2.05) is 80.6 Å². The lowest BCUT2D eigenvalue weighted by atomic mass is 10.0. The molecule has 2 aliphatic rings. The number of methoxy groups -OCH3 is 2. The lowest BCUT2D eigenvalue weighted by molar-refractivity contribution is -0.127. The van der Waals surface area contributed by atoms with Gasteiger partial charge in [-0.05, 0) is 82.9 Å². The predicted molar refractivity (Wildman–Crippen MR) is 297 cm³/mol. The van der Waals surface area contributed by atoms with Crippen molar-refractivity contribution in [2.75, 3.05) is 38.1 Å². The molecule has 8 aromatic rings. The minimum Gasteiger partial charge on any atom is -0.497 e. The highest BCUT2D eigenvalue weighted by Gasteiger charge is 2.31. The number of rotatable bonds is 6. The van der Waals surface area contributed by atoms with Crippen LogP contribution in [0.15, 0.2) is 156 Å². The molecule has 0 aliphatic carbocycles. The van der Waals surface area contributed by atoms with E-state index in [0.29, 0.717) is 39.9 Å². The van der Waals surface area contributed by atoms with Crippen molar-refractivity contribution in [3.63, 3.8) is 0 Å².